The second-order valence-corrected chi connectivity index (χ2v) is 4.46. The lowest BCUT2D eigenvalue weighted by Crippen LogP contribution is -1.90. The monoisotopic (exact) mass is 258 g/mol. The van der Waals surface area contributed by atoms with E-state index in [0.717, 1.165) is 33.2 Å². The van der Waals surface area contributed by atoms with Gasteiger partial charge in [0.25, 0.3) is 0 Å². The number of rotatable bonds is 1. The van der Waals surface area contributed by atoms with Crippen molar-refractivity contribution in [2.75, 3.05) is 0 Å². The Labute approximate surface area is 115 Å². The number of hydrogen-bond acceptors (Lipinski definition) is 4. The van der Waals surface area contributed by atoms with Gasteiger partial charge in [-0.2, -0.15) is 0 Å². The summed E-state index contributed by atoms with van der Waals surface area (Å²) in [6.07, 6.45) is 7.16. The van der Waals surface area contributed by atoms with Crippen molar-refractivity contribution in [1.82, 2.24) is 19.9 Å². The maximum absolute atomic E-state index is 4.45. The van der Waals surface area contributed by atoms with Gasteiger partial charge in [0.2, 0.25) is 0 Å². The normalized spacial score (nSPS) is 11.0. The highest BCUT2D eigenvalue weighted by Gasteiger charge is 2.09. The van der Waals surface area contributed by atoms with E-state index in [4.69, 9.17) is 0 Å². The number of aromatic nitrogens is 4. The number of pyridine rings is 4. The molecular weight excluding hydrogens is 248 g/mol. The van der Waals surface area contributed by atoms with E-state index in [9.17, 15) is 0 Å². The van der Waals surface area contributed by atoms with Crippen LogP contribution < -0.4 is 0 Å². The van der Waals surface area contributed by atoms with Crippen molar-refractivity contribution in [1.29, 1.82) is 0 Å². The van der Waals surface area contributed by atoms with Gasteiger partial charge in [0.05, 0.1) is 22.1 Å². The lowest BCUT2D eigenvalue weighted by Gasteiger charge is -2.07. The fourth-order valence-electron chi connectivity index (χ4n) is 2.39. The Morgan fingerprint density at radius 3 is 1.50 bits per heavy atom. The van der Waals surface area contributed by atoms with Gasteiger partial charge in [0.15, 0.2) is 0 Å². The maximum atomic E-state index is 4.45. The van der Waals surface area contributed by atoms with Gasteiger partial charge in [-0.3, -0.25) is 19.9 Å². The molecule has 94 valence electrons. The van der Waals surface area contributed by atoms with Crippen molar-refractivity contribution in [3.05, 3.63) is 61.2 Å². The molecule has 0 amide bonds. The van der Waals surface area contributed by atoms with Crippen molar-refractivity contribution in [3.8, 4) is 11.1 Å². The van der Waals surface area contributed by atoms with Gasteiger partial charge in [0, 0.05) is 35.9 Å². The molecule has 4 aromatic heterocycles. The minimum atomic E-state index is 0.880. The Balaban J connectivity index is 2.12. The number of fused-ring (bicyclic) bond motifs is 2. The molecule has 0 atom stereocenters. The molecule has 0 aliphatic heterocycles. The third kappa shape index (κ3) is 1.62. The van der Waals surface area contributed by atoms with Crippen molar-refractivity contribution in [2.45, 2.75) is 0 Å². The summed E-state index contributed by atoms with van der Waals surface area (Å²) >= 11 is 0. The minimum absolute atomic E-state index is 0.880. The molecule has 4 aromatic rings. The van der Waals surface area contributed by atoms with E-state index in [2.05, 4.69) is 19.9 Å². The minimum Gasteiger partial charge on any atom is -0.255 e. The maximum Gasteiger partial charge on any atom is 0.0965 e. The summed E-state index contributed by atoms with van der Waals surface area (Å²) in [5, 5.41) is 0. The molecule has 0 aliphatic carbocycles. The van der Waals surface area contributed by atoms with Crippen LogP contribution in [0.5, 0.6) is 0 Å². The average Bonchev–Trinajstić information content (AvgIpc) is 2.54. The zero-order chi connectivity index (χ0) is 13.4. The SMILES string of the molecule is c1cnc2c(-c3ccnc4cccnc34)ccnc2c1. The first-order valence-corrected chi connectivity index (χ1v) is 6.33. The fraction of sp³-hybridized carbons (Fsp3) is 0. The highest BCUT2D eigenvalue weighted by atomic mass is 14.8. The van der Waals surface area contributed by atoms with E-state index < -0.39 is 0 Å². The predicted molar refractivity (Wildman–Crippen MR) is 78.1 cm³/mol. The third-order valence-electron chi connectivity index (χ3n) is 3.28. The van der Waals surface area contributed by atoms with Crippen molar-refractivity contribution in [3.63, 3.8) is 0 Å². The largest absolute Gasteiger partial charge is 0.255 e. The van der Waals surface area contributed by atoms with Crippen molar-refractivity contribution in [2.24, 2.45) is 0 Å². The molecule has 4 heterocycles. The summed E-state index contributed by atoms with van der Waals surface area (Å²) in [7, 11) is 0. The van der Waals surface area contributed by atoms with Crippen LogP contribution in [0.1, 0.15) is 0 Å². The van der Waals surface area contributed by atoms with Crippen LogP contribution in [-0.4, -0.2) is 19.9 Å². The van der Waals surface area contributed by atoms with Gasteiger partial charge in [0.1, 0.15) is 0 Å². The van der Waals surface area contributed by atoms with Crippen molar-refractivity contribution < 1.29 is 0 Å². The zero-order valence-electron chi connectivity index (χ0n) is 10.6. The molecule has 0 unspecified atom stereocenters. The molecule has 0 saturated heterocycles. The Morgan fingerprint density at radius 2 is 1.00 bits per heavy atom. The van der Waals surface area contributed by atoms with Gasteiger partial charge < -0.3 is 0 Å². The van der Waals surface area contributed by atoms with Gasteiger partial charge in [-0.15, -0.1) is 0 Å². The highest BCUT2D eigenvalue weighted by molar-refractivity contribution is 5.99. The standard InChI is InChI=1S/C16H10N4/c1-3-13-15(19-7-1)11(5-9-17-13)12-6-10-18-14-4-2-8-20-16(12)14/h1-10H. The lowest BCUT2D eigenvalue weighted by molar-refractivity contribution is 1.32. The fourth-order valence-corrected chi connectivity index (χ4v) is 2.39. The summed E-state index contributed by atoms with van der Waals surface area (Å²) in [5.41, 5.74) is 5.58. The predicted octanol–water partition coefficient (Wildman–Crippen LogP) is 3.24. The molecule has 4 nitrogen and oxygen atoms in total. The number of nitrogens with zero attached hydrogens (tertiary/aromatic N) is 4. The van der Waals surface area contributed by atoms with Crippen LogP contribution in [0.3, 0.4) is 0 Å². The smallest absolute Gasteiger partial charge is 0.0965 e. The van der Waals surface area contributed by atoms with Crippen molar-refractivity contribution >= 4 is 22.1 Å². The van der Waals surface area contributed by atoms with Crippen LogP contribution >= 0.6 is 0 Å². The Morgan fingerprint density at radius 1 is 0.500 bits per heavy atom. The summed E-state index contributed by atoms with van der Waals surface area (Å²) in [6.45, 7) is 0. The number of hydrogen-bond donors (Lipinski definition) is 0. The molecule has 0 fully saturated rings. The Hall–Kier alpha value is -2.88. The zero-order valence-corrected chi connectivity index (χ0v) is 10.6. The molecule has 0 radical (unpaired) electrons. The van der Waals surface area contributed by atoms with E-state index in [-0.39, 0.29) is 0 Å². The highest BCUT2D eigenvalue weighted by Crippen LogP contribution is 2.29. The summed E-state index contributed by atoms with van der Waals surface area (Å²) in [4.78, 5) is 17.6. The van der Waals surface area contributed by atoms with E-state index in [1.165, 1.54) is 0 Å². The lowest BCUT2D eigenvalue weighted by atomic mass is 10.0. The van der Waals surface area contributed by atoms with Crippen LogP contribution in [0.2, 0.25) is 0 Å². The first kappa shape index (κ1) is 11.0. The summed E-state index contributed by atoms with van der Waals surface area (Å²) < 4.78 is 0. The first-order chi connectivity index (χ1) is 9.93. The van der Waals surface area contributed by atoms with Gasteiger partial charge in [-0.1, -0.05) is 0 Å². The van der Waals surface area contributed by atoms with E-state index in [1.807, 2.05) is 36.4 Å². The Bertz CT molecular complexity index is 830. The summed E-state index contributed by atoms with van der Waals surface area (Å²) in [6, 6.07) is 11.6. The van der Waals surface area contributed by atoms with Crippen LogP contribution in [-0.2, 0) is 0 Å². The second-order valence-electron chi connectivity index (χ2n) is 4.46. The molecule has 4 heteroatoms. The van der Waals surface area contributed by atoms with E-state index >= 15 is 0 Å². The quantitative estimate of drug-likeness (QED) is 0.526. The molecular formula is C16H10N4. The van der Waals surface area contributed by atoms with Gasteiger partial charge >= 0.3 is 0 Å². The Kier molecular flexibility index (Phi) is 2.39. The van der Waals surface area contributed by atoms with E-state index in [0.29, 0.717) is 0 Å². The molecule has 0 spiro atoms. The molecule has 0 aromatic carbocycles. The van der Waals surface area contributed by atoms with Gasteiger partial charge in [-0.25, -0.2) is 0 Å². The topological polar surface area (TPSA) is 51.6 Å². The third-order valence-corrected chi connectivity index (χ3v) is 3.28. The van der Waals surface area contributed by atoms with Crippen LogP contribution in [0.25, 0.3) is 33.2 Å². The molecule has 0 saturated carbocycles. The van der Waals surface area contributed by atoms with E-state index in [1.54, 1.807) is 24.8 Å². The summed E-state index contributed by atoms with van der Waals surface area (Å²) in [5.74, 6) is 0. The average molecular weight is 258 g/mol. The molecule has 0 aliphatic rings. The second kappa shape index (κ2) is 4.35. The molecule has 0 bridgehead atoms. The first-order valence-electron chi connectivity index (χ1n) is 6.33. The molecule has 20 heavy (non-hydrogen) atoms. The van der Waals surface area contributed by atoms with Crippen LogP contribution in [0.4, 0.5) is 0 Å². The van der Waals surface area contributed by atoms with Gasteiger partial charge in [-0.05, 0) is 36.4 Å². The van der Waals surface area contributed by atoms with Crippen LogP contribution in [0, 0.1) is 0 Å². The van der Waals surface area contributed by atoms with Crippen LogP contribution in [0.15, 0.2) is 61.2 Å². The molecule has 0 N–H and O–H groups in total. The molecule has 4 rings (SSSR count).